The van der Waals surface area contributed by atoms with Gasteiger partial charge in [0.2, 0.25) is 0 Å². The average molecular weight is 802 g/mol. The summed E-state index contributed by atoms with van der Waals surface area (Å²) < 4.78 is 31.9. The number of unbranched alkanes of at least 4 members (excludes halogenated alkanes) is 2. The molecular formula is C47H67NO8Si. The average Bonchev–Trinajstić information content (AvgIpc) is 3.17. The number of benzene rings is 3. The smallest absolute Gasteiger partial charge is 0.407 e. The van der Waals surface area contributed by atoms with Crippen molar-refractivity contribution in [1.82, 2.24) is 5.32 Å². The van der Waals surface area contributed by atoms with E-state index in [2.05, 4.69) is 95.4 Å². The molecule has 6 atom stereocenters. The fourth-order valence-corrected chi connectivity index (χ4v) is 12.2. The van der Waals surface area contributed by atoms with Crippen molar-refractivity contribution < 1.29 is 37.8 Å². The summed E-state index contributed by atoms with van der Waals surface area (Å²) in [6.45, 7) is 19.9. The van der Waals surface area contributed by atoms with E-state index in [0.717, 1.165) is 12.8 Å². The molecule has 1 fully saturated rings. The number of carbonyl (C=O) groups excluding carboxylic acids is 3. The molecule has 0 radical (unpaired) electrons. The molecular weight excluding hydrogens is 735 g/mol. The predicted molar refractivity (Wildman–Crippen MR) is 228 cm³/mol. The summed E-state index contributed by atoms with van der Waals surface area (Å²) in [5, 5.41) is 5.02. The van der Waals surface area contributed by atoms with Crippen molar-refractivity contribution in [3.8, 4) is 0 Å². The van der Waals surface area contributed by atoms with Crippen LogP contribution in [0.15, 0.2) is 91.0 Å². The van der Waals surface area contributed by atoms with Crippen molar-refractivity contribution in [2.45, 2.75) is 130 Å². The van der Waals surface area contributed by atoms with Crippen LogP contribution in [0.25, 0.3) is 0 Å². The summed E-state index contributed by atoms with van der Waals surface area (Å²) in [4.78, 5) is 38.1. The molecule has 1 heterocycles. The second kappa shape index (κ2) is 21.3. The number of amides is 1. The van der Waals surface area contributed by atoms with Crippen LogP contribution in [0.1, 0.15) is 111 Å². The summed E-state index contributed by atoms with van der Waals surface area (Å²) >= 11 is 0. The third-order valence-corrected chi connectivity index (χ3v) is 16.1. The number of esters is 1. The maximum absolute atomic E-state index is 13.2. The lowest BCUT2D eigenvalue weighted by Gasteiger charge is -2.47. The van der Waals surface area contributed by atoms with Crippen LogP contribution in [0.2, 0.25) is 5.04 Å². The largest absolute Gasteiger partial charge is 0.456 e. The molecule has 1 amide bonds. The van der Waals surface area contributed by atoms with E-state index in [0.29, 0.717) is 38.0 Å². The van der Waals surface area contributed by atoms with E-state index >= 15 is 0 Å². The molecule has 9 nitrogen and oxygen atoms in total. The maximum Gasteiger partial charge on any atom is 0.407 e. The molecule has 57 heavy (non-hydrogen) atoms. The molecule has 0 spiro atoms. The number of ketones is 1. The van der Waals surface area contributed by atoms with Crippen LogP contribution >= 0.6 is 0 Å². The zero-order valence-corrected chi connectivity index (χ0v) is 36.8. The number of carbonyl (C=O) groups is 3. The SMILES string of the molecule is CC1C(CO[Si](c2ccccc2)(c2ccccc2)C(C)(C)C)OC(OCC(CCC(=O)CCCCCNC(=O)OC(C)(C)C)OC(=O)c2ccccc2)C(C)C1C. The second-order valence-corrected chi connectivity index (χ2v) is 21.9. The molecule has 0 bridgehead atoms. The van der Waals surface area contributed by atoms with Crippen LogP contribution in [-0.4, -0.2) is 70.0 Å². The number of hydrogen-bond acceptors (Lipinski definition) is 8. The molecule has 0 aromatic heterocycles. The van der Waals surface area contributed by atoms with Crippen molar-refractivity contribution >= 4 is 36.5 Å². The fourth-order valence-electron chi connectivity index (χ4n) is 7.58. The molecule has 3 aromatic rings. The van der Waals surface area contributed by atoms with E-state index < -0.39 is 38.4 Å². The van der Waals surface area contributed by atoms with Crippen molar-refractivity contribution in [3.05, 3.63) is 96.6 Å². The van der Waals surface area contributed by atoms with E-state index in [1.54, 1.807) is 24.3 Å². The van der Waals surface area contributed by atoms with Gasteiger partial charge in [-0.3, -0.25) is 4.79 Å². The number of nitrogens with one attached hydrogen (secondary N) is 1. The van der Waals surface area contributed by atoms with E-state index in [4.69, 9.17) is 23.4 Å². The summed E-state index contributed by atoms with van der Waals surface area (Å²) in [5.74, 6) is 0.186. The maximum atomic E-state index is 13.2. The quantitative estimate of drug-likeness (QED) is 0.0728. The third-order valence-electron chi connectivity index (χ3n) is 11.1. The van der Waals surface area contributed by atoms with E-state index in [1.807, 2.05) is 39.0 Å². The van der Waals surface area contributed by atoms with E-state index in [-0.39, 0.29) is 47.7 Å². The van der Waals surface area contributed by atoms with Crippen molar-refractivity contribution in [2.24, 2.45) is 17.8 Å². The van der Waals surface area contributed by atoms with Gasteiger partial charge >= 0.3 is 12.1 Å². The molecule has 6 unspecified atom stereocenters. The number of hydrogen-bond donors (Lipinski definition) is 1. The van der Waals surface area contributed by atoms with Crippen LogP contribution < -0.4 is 15.7 Å². The lowest BCUT2D eigenvalue weighted by Crippen LogP contribution is -2.67. The minimum Gasteiger partial charge on any atom is -0.456 e. The van der Waals surface area contributed by atoms with Gasteiger partial charge in [0.15, 0.2) is 6.29 Å². The zero-order chi connectivity index (χ0) is 41.6. The molecule has 312 valence electrons. The normalized spacial score (nSPS) is 20.7. The van der Waals surface area contributed by atoms with Crippen molar-refractivity contribution in [1.29, 1.82) is 0 Å². The highest BCUT2D eigenvalue weighted by Crippen LogP contribution is 2.40. The van der Waals surface area contributed by atoms with Gasteiger partial charge < -0.3 is 28.7 Å². The van der Waals surface area contributed by atoms with Gasteiger partial charge in [-0.25, -0.2) is 9.59 Å². The number of ether oxygens (including phenoxy) is 4. The van der Waals surface area contributed by atoms with Gasteiger partial charge in [-0.1, -0.05) is 127 Å². The Hall–Kier alpha value is -3.83. The summed E-state index contributed by atoms with van der Waals surface area (Å²) in [6, 6.07) is 30.1. The van der Waals surface area contributed by atoms with E-state index in [1.165, 1.54) is 10.4 Å². The first kappa shape index (κ1) is 45.9. The Balaban J connectivity index is 1.40. The van der Waals surface area contributed by atoms with Gasteiger partial charge in [0.05, 0.1) is 24.9 Å². The lowest BCUT2D eigenvalue weighted by atomic mass is 9.79. The van der Waals surface area contributed by atoms with Crippen LogP contribution in [0, 0.1) is 17.8 Å². The van der Waals surface area contributed by atoms with Crippen LogP contribution in [0.3, 0.4) is 0 Å². The highest BCUT2D eigenvalue weighted by molar-refractivity contribution is 6.99. The molecule has 10 heteroatoms. The first-order valence-electron chi connectivity index (χ1n) is 20.8. The Labute approximate surface area is 342 Å². The summed E-state index contributed by atoms with van der Waals surface area (Å²) in [6.07, 6.45) is 1.41. The molecule has 1 N–H and O–H groups in total. The van der Waals surface area contributed by atoms with Crippen LogP contribution in [0.4, 0.5) is 4.79 Å². The molecule has 0 aliphatic carbocycles. The van der Waals surface area contributed by atoms with Crippen molar-refractivity contribution in [3.63, 3.8) is 0 Å². The third kappa shape index (κ3) is 13.4. The Kier molecular flexibility index (Phi) is 17.1. The van der Waals surface area contributed by atoms with Gasteiger partial charge in [0, 0.05) is 25.3 Å². The first-order valence-corrected chi connectivity index (χ1v) is 22.7. The Morgan fingerprint density at radius 3 is 1.88 bits per heavy atom. The van der Waals surface area contributed by atoms with Gasteiger partial charge in [0.25, 0.3) is 8.32 Å². The predicted octanol–water partition coefficient (Wildman–Crippen LogP) is 8.87. The first-order chi connectivity index (χ1) is 27.0. The van der Waals surface area contributed by atoms with Gasteiger partial charge in [0.1, 0.15) is 17.5 Å². The van der Waals surface area contributed by atoms with Crippen LogP contribution in [-0.2, 0) is 28.2 Å². The molecule has 0 saturated carbocycles. The van der Waals surface area contributed by atoms with Gasteiger partial charge in [-0.2, -0.15) is 0 Å². The van der Waals surface area contributed by atoms with Gasteiger partial charge in [-0.15, -0.1) is 0 Å². The standard InChI is InChI=1S/C47H67NO8Si/c1-34-35(2)42(33-53-57(47(7,8)9,40-25-17-11-18-26-40)41-27-19-12-20-28-41)55-44(36(34)3)52-32-39(54-43(50)37-22-14-10-15-23-37)30-29-38(49)24-16-13-21-31-48-45(51)56-46(4,5)6/h10-12,14-15,17-20,22-23,25-28,34-36,39,42,44H,13,16,21,24,29-33H2,1-9H3,(H,48,51). The molecule has 1 aliphatic heterocycles. The number of rotatable bonds is 19. The monoisotopic (exact) mass is 801 g/mol. The molecule has 1 aliphatic rings. The van der Waals surface area contributed by atoms with Gasteiger partial charge in [-0.05, 0) is 79.4 Å². The Morgan fingerprint density at radius 1 is 0.737 bits per heavy atom. The van der Waals surface area contributed by atoms with Crippen LogP contribution in [0.5, 0.6) is 0 Å². The minimum atomic E-state index is -2.79. The highest BCUT2D eigenvalue weighted by atomic mass is 28.4. The Morgan fingerprint density at radius 2 is 1.32 bits per heavy atom. The summed E-state index contributed by atoms with van der Waals surface area (Å²) in [7, 11) is -2.79. The Bertz CT molecular complexity index is 1630. The topological polar surface area (TPSA) is 109 Å². The summed E-state index contributed by atoms with van der Waals surface area (Å²) in [5.41, 5.74) is -0.101. The number of Topliss-reactive ketones (excluding diaryl/α,β-unsaturated/α-hetero) is 1. The lowest BCUT2D eigenvalue weighted by molar-refractivity contribution is -0.258. The second-order valence-electron chi connectivity index (χ2n) is 17.6. The minimum absolute atomic E-state index is 0.0704. The molecule has 1 saturated heterocycles. The molecule has 4 rings (SSSR count). The van der Waals surface area contributed by atoms with E-state index in [9.17, 15) is 14.4 Å². The fraction of sp³-hybridized carbons (Fsp3) is 0.553. The number of alkyl carbamates (subject to hydrolysis) is 1. The highest BCUT2D eigenvalue weighted by Gasteiger charge is 2.51. The van der Waals surface area contributed by atoms with Crippen molar-refractivity contribution in [2.75, 3.05) is 19.8 Å². The molecule has 3 aromatic carbocycles. The zero-order valence-electron chi connectivity index (χ0n) is 35.8.